The van der Waals surface area contributed by atoms with E-state index >= 15 is 0 Å². The monoisotopic (exact) mass is 362 g/mol. The normalized spacial score (nSPS) is 11.8. The van der Waals surface area contributed by atoms with Crippen molar-refractivity contribution in [2.45, 2.75) is 31.1 Å². The van der Waals surface area contributed by atoms with Crippen molar-refractivity contribution in [1.82, 2.24) is 4.72 Å². The first-order chi connectivity index (χ1) is 11.5. The molecule has 0 radical (unpaired) electrons. The molecule has 0 unspecified atom stereocenters. The van der Waals surface area contributed by atoms with Gasteiger partial charge >= 0.3 is 0 Å². The molecule has 0 aromatic heterocycles. The number of rotatable bonds is 4. The van der Waals surface area contributed by atoms with Crippen LogP contribution in [-0.4, -0.2) is 19.2 Å². The maximum Gasteiger partial charge on any atom is 0.269 e. The topological polar surface area (TPSA) is 106 Å². The summed E-state index contributed by atoms with van der Waals surface area (Å²) in [5, 5.41) is 10.6. The summed E-state index contributed by atoms with van der Waals surface area (Å²) in [6.45, 7) is 6.02. The van der Waals surface area contributed by atoms with Crippen molar-refractivity contribution in [2.75, 3.05) is 0 Å². The fourth-order valence-electron chi connectivity index (χ4n) is 2.11. The molecule has 1 N–H and O–H groups in total. The molecule has 2 aromatic carbocycles. The van der Waals surface area contributed by atoms with Crippen LogP contribution in [0.15, 0.2) is 53.4 Å². The van der Waals surface area contributed by atoms with Gasteiger partial charge in [-0.2, -0.15) is 0 Å². The number of hydrogen-bond donors (Lipinski definition) is 1. The molecular formula is C17H18N2O5S. The highest BCUT2D eigenvalue weighted by atomic mass is 32.2. The Morgan fingerprint density at radius 1 is 1.00 bits per heavy atom. The van der Waals surface area contributed by atoms with Crippen molar-refractivity contribution >= 4 is 21.6 Å². The minimum Gasteiger partial charge on any atom is -0.268 e. The highest BCUT2D eigenvalue weighted by molar-refractivity contribution is 7.90. The van der Waals surface area contributed by atoms with Gasteiger partial charge in [-0.1, -0.05) is 32.9 Å². The van der Waals surface area contributed by atoms with E-state index in [4.69, 9.17) is 0 Å². The average Bonchev–Trinajstić information content (AvgIpc) is 2.54. The first-order valence-corrected chi connectivity index (χ1v) is 8.91. The van der Waals surface area contributed by atoms with Gasteiger partial charge in [-0.3, -0.25) is 14.9 Å². The van der Waals surface area contributed by atoms with Crippen LogP contribution in [0.2, 0.25) is 0 Å². The van der Waals surface area contributed by atoms with E-state index in [1.54, 1.807) is 12.1 Å². The number of benzene rings is 2. The molecule has 0 atom stereocenters. The van der Waals surface area contributed by atoms with Gasteiger partial charge in [-0.25, -0.2) is 13.1 Å². The molecule has 8 heteroatoms. The summed E-state index contributed by atoms with van der Waals surface area (Å²) in [7, 11) is -4.03. The largest absolute Gasteiger partial charge is 0.269 e. The minimum atomic E-state index is -4.03. The lowest BCUT2D eigenvalue weighted by molar-refractivity contribution is -0.384. The zero-order valence-corrected chi connectivity index (χ0v) is 14.8. The summed E-state index contributed by atoms with van der Waals surface area (Å²) in [4.78, 5) is 22.1. The summed E-state index contributed by atoms with van der Waals surface area (Å²) in [5.74, 6) is -0.852. The van der Waals surface area contributed by atoms with E-state index in [2.05, 4.69) is 0 Å². The third-order valence-corrected chi connectivity index (χ3v) is 4.94. The smallest absolute Gasteiger partial charge is 0.268 e. The molecule has 0 heterocycles. The standard InChI is InChI=1S/C17H18N2O5S/c1-17(2,3)13-6-10-15(11-7-13)25(23,24)18-16(20)12-4-8-14(9-5-12)19(21)22/h4-11H,1-3H3,(H,18,20). The van der Waals surface area contributed by atoms with Crippen LogP contribution in [0.5, 0.6) is 0 Å². The number of nitrogens with one attached hydrogen (secondary N) is 1. The molecule has 0 bridgehead atoms. The highest BCUT2D eigenvalue weighted by Gasteiger charge is 2.21. The van der Waals surface area contributed by atoms with Gasteiger partial charge in [0, 0.05) is 17.7 Å². The van der Waals surface area contributed by atoms with E-state index < -0.39 is 20.9 Å². The number of amides is 1. The number of sulfonamides is 1. The van der Waals surface area contributed by atoms with Crippen LogP contribution < -0.4 is 4.72 Å². The van der Waals surface area contributed by atoms with Gasteiger partial charge in [-0.05, 0) is 35.2 Å². The first-order valence-electron chi connectivity index (χ1n) is 7.43. The number of nitro groups is 1. The lowest BCUT2D eigenvalue weighted by Gasteiger charge is -2.19. The number of carbonyl (C=O) groups is 1. The van der Waals surface area contributed by atoms with Gasteiger partial charge < -0.3 is 0 Å². The van der Waals surface area contributed by atoms with Gasteiger partial charge in [0.15, 0.2) is 0 Å². The van der Waals surface area contributed by atoms with Crippen LogP contribution in [0, 0.1) is 10.1 Å². The van der Waals surface area contributed by atoms with E-state index in [9.17, 15) is 23.3 Å². The molecule has 2 aromatic rings. The van der Waals surface area contributed by atoms with Crippen LogP contribution >= 0.6 is 0 Å². The molecule has 7 nitrogen and oxygen atoms in total. The number of carbonyl (C=O) groups excluding carboxylic acids is 1. The Morgan fingerprint density at radius 2 is 1.52 bits per heavy atom. The predicted octanol–water partition coefficient (Wildman–Crippen LogP) is 3.01. The highest BCUT2D eigenvalue weighted by Crippen LogP contribution is 2.23. The lowest BCUT2D eigenvalue weighted by Crippen LogP contribution is -2.30. The molecule has 0 saturated heterocycles. The predicted molar refractivity (Wildman–Crippen MR) is 92.9 cm³/mol. The van der Waals surface area contributed by atoms with Crippen molar-refractivity contribution in [1.29, 1.82) is 0 Å². The van der Waals surface area contributed by atoms with E-state index in [1.165, 1.54) is 24.3 Å². The maximum absolute atomic E-state index is 12.3. The van der Waals surface area contributed by atoms with Crippen molar-refractivity contribution < 1.29 is 18.1 Å². The second-order valence-electron chi connectivity index (χ2n) is 6.51. The number of non-ortho nitro benzene ring substituents is 1. The zero-order chi connectivity index (χ0) is 18.8. The molecule has 0 fully saturated rings. The Hall–Kier alpha value is -2.74. The van der Waals surface area contributed by atoms with E-state index in [0.717, 1.165) is 17.7 Å². The molecule has 2 rings (SSSR count). The molecule has 132 valence electrons. The average molecular weight is 362 g/mol. The molecule has 1 amide bonds. The van der Waals surface area contributed by atoms with E-state index in [0.29, 0.717) is 0 Å². The van der Waals surface area contributed by atoms with Gasteiger partial charge in [0.1, 0.15) is 0 Å². The van der Waals surface area contributed by atoms with Crippen LogP contribution in [-0.2, 0) is 15.4 Å². The Labute approximate surface area is 145 Å². The van der Waals surface area contributed by atoms with Crippen molar-refractivity contribution in [3.63, 3.8) is 0 Å². The summed E-state index contributed by atoms with van der Waals surface area (Å²) in [5.41, 5.74) is 0.676. The van der Waals surface area contributed by atoms with Crippen LogP contribution in [0.4, 0.5) is 5.69 Å². The van der Waals surface area contributed by atoms with Gasteiger partial charge in [0.2, 0.25) is 0 Å². The zero-order valence-electron chi connectivity index (χ0n) is 14.0. The third kappa shape index (κ3) is 4.42. The lowest BCUT2D eigenvalue weighted by atomic mass is 9.87. The fraction of sp³-hybridized carbons (Fsp3) is 0.235. The SMILES string of the molecule is CC(C)(C)c1ccc(S(=O)(=O)NC(=O)c2ccc([N+](=O)[O-])cc2)cc1. The van der Waals surface area contributed by atoms with E-state index in [1.807, 2.05) is 25.5 Å². The Balaban J connectivity index is 2.20. The van der Waals surface area contributed by atoms with Crippen LogP contribution in [0.3, 0.4) is 0 Å². The fourth-order valence-corrected chi connectivity index (χ4v) is 3.08. The number of hydrogen-bond acceptors (Lipinski definition) is 5. The minimum absolute atomic E-state index is 0.0143. The second-order valence-corrected chi connectivity index (χ2v) is 8.20. The number of nitro benzene ring substituents is 1. The second kappa shape index (κ2) is 6.64. The van der Waals surface area contributed by atoms with Gasteiger partial charge in [0.05, 0.1) is 9.82 Å². The summed E-state index contributed by atoms with van der Waals surface area (Å²) >= 11 is 0. The van der Waals surface area contributed by atoms with Crippen LogP contribution in [0.25, 0.3) is 0 Å². The van der Waals surface area contributed by atoms with Crippen LogP contribution in [0.1, 0.15) is 36.7 Å². The van der Waals surface area contributed by atoms with Crippen molar-refractivity contribution in [2.24, 2.45) is 0 Å². The first kappa shape index (κ1) is 18.6. The molecule has 0 aliphatic heterocycles. The molecular weight excluding hydrogens is 344 g/mol. The van der Waals surface area contributed by atoms with Gasteiger partial charge in [0.25, 0.3) is 21.6 Å². The molecule has 0 spiro atoms. The number of nitrogens with zero attached hydrogens (tertiary/aromatic N) is 1. The molecule has 0 saturated carbocycles. The molecule has 25 heavy (non-hydrogen) atoms. The molecule has 0 aliphatic rings. The Morgan fingerprint density at radius 3 is 1.96 bits per heavy atom. The summed E-state index contributed by atoms with van der Waals surface area (Å²) in [6, 6.07) is 10.9. The van der Waals surface area contributed by atoms with Crippen molar-refractivity contribution in [3.8, 4) is 0 Å². The van der Waals surface area contributed by atoms with Gasteiger partial charge in [-0.15, -0.1) is 0 Å². The Bertz CT molecular complexity index is 896. The van der Waals surface area contributed by atoms with E-state index in [-0.39, 0.29) is 21.6 Å². The van der Waals surface area contributed by atoms with Crippen molar-refractivity contribution in [3.05, 3.63) is 69.8 Å². The maximum atomic E-state index is 12.3. The summed E-state index contributed by atoms with van der Waals surface area (Å²) < 4.78 is 26.6. The summed E-state index contributed by atoms with van der Waals surface area (Å²) in [6.07, 6.45) is 0. The quantitative estimate of drug-likeness (QED) is 0.664. The Kier molecular flexibility index (Phi) is 4.94. The molecule has 0 aliphatic carbocycles. The third-order valence-electron chi connectivity index (χ3n) is 3.60.